The normalized spacial score (nSPS) is 12.0. The van der Waals surface area contributed by atoms with Gasteiger partial charge >= 0.3 is 0 Å². The molecule has 0 bridgehead atoms. The van der Waals surface area contributed by atoms with Crippen molar-refractivity contribution in [3.05, 3.63) is 11.6 Å². The number of aromatic nitrogens is 4. The maximum atomic E-state index is 5.88. The van der Waals surface area contributed by atoms with Crippen molar-refractivity contribution in [3.8, 4) is 0 Å². The van der Waals surface area contributed by atoms with Crippen LogP contribution in [0.5, 0.6) is 0 Å². The fourth-order valence-electron chi connectivity index (χ4n) is 1.61. The van der Waals surface area contributed by atoms with Crippen molar-refractivity contribution in [1.82, 2.24) is 19.9 Å². The predicted molar refractivity (Wildman–Crippen MR) is 69.3 cm³/mol. The van der Waals surface area contributed by atoms with Gasteiger partial charge in [0.05, 0.1) is 6.33 Å². The van der Waals surface area contributed by atoms with E-state index in [1.54, 1.807) is 6.33 Å². The second kappa shape index (κ2) is 4.49. The zero-order valence-electron chi connectivity index (χ0n) is 10.2. The summed E-state index contributed by atoms with van der Waals surface area (Å²) < 4.78 is 0. The van der Waals surface area contributed by atoms with E-state index in [-0.39, 0.29) is 10.8 Å². The quantitative estimate of drug-likeness (QED) is 0.822. The molecule has 0 amide bonds. The number of anilines is 1. The molecule has 0 aliphatic carbocycles. The Morgan fingerprint density at radius 1 is 1.35 bits per heavy atom. The standard InChI is InChI=1S/C11H16ClN5/c1-4-11(3,5-2)17-9-7-8(14-6-13-7)15-10(12)16-9/h6H,4-5H2,1-3H3,(H2,13,14,15,16,17). The van der Waals surface area contributed by atoms with Crippen LogP contribution < -0.4 is 5.32 Å². The number of fused-ring (bicyclic) bond motifs is 1. The van der Waals surface area contributed by atoms with Crippen LogP contribution in [0.4, 0.5) is 5.82 Å². The number of halogens is 1. The van der Waals surface area contributed by atoms with E-state index < -0.39 is 0 Å². The number of hydrogen-bond acceptors (Lipinski definition) is 4. The van der Waals surface area contributed by atoms with Crippen molar-refractivity contribution < 1.29 is 0 Å². The van der Waals surface area contributed by atoms with E-state index in [1.165, 1.54) is 0 Å². The van der Waals surface area contributed by atoms with Gasteiger partial charge in [-0.25, -0.2) is 4.98 Å². The molecule has 92 valence electrons. The summed E-state index contributed by atoms with van der Waals surface area (Å²) in [6.07, 6.45) is 3.59. The summed E-state index contributed by atoms with van der Waals surface area (Å²) in [7, 11) is 0. The Balaban J connectivity index is 2.44. The molecule has 2 N–H and O–H groups in total. The van der Waals surface area contributed by atoms with E-state index in [4.69, 9.17) is 11.6 Å². The predicted octanol–water partition coefficient (Wildman–Crippen LogP) is 3.00. The van der Waals surface area contributed by atoms with Crippen molar-refractivity contribution in [2.75, 3.05) is 5.32 Å². The second-order valence-electron chi connectivity index (χ2n) is 4.34. The van der Waals surface area contributed by atoms with E-state index >= 15 is 0 Å². The summed E-state index contributed by atoms with van der Waals surface area (Å²) in [5.41, 5.74) is 1.37. The lowest BCUT2D eigenvalue weighted by atomic mass is 9.95. The number of H-pyrrole nitrogens is 1. The fourth-order valence-corrected chi connectivity index (χ4v) is 1.77. The Kier molecular flexibility index (Phi) is 3.19. The van der Waals surface area contributed by atoms with Gasteiger partial charge in [-0.15, -0.1) is 0 Å². The summed E-state index contributed by atoms with van der Waals surface area (Å²) in [4.78, 5) is 15.4. The summed E-state index contributed by atoms with van der Waals surface area (Å²) in [5, 5.41) is 3.63. The topological polar surface area (TPSA) is 66.5 Å². The van der Waals surface area contributed by atoms with Crippen molar-refractivity contribution >= 4 is 28.6 Å². The molecule has 0 aliphatic rings. The van der Waals surface area contributed by atoms with Crippen LogP contribution in [0.2, 0.25) is 5.28 Å². The molecule has 0 radical (unpaired) electrons. The lowest BCUT2D eigenvalue weighted by Gasteiger charge is -2.28. The molecule has 0 aromatic carbocycles. The maximum Gasteiger partial charge on any atom is 0.226 e. The molecule has 2 rings (SSSR count). The number of rotatable bonds is 4. The van der Waals surface area contributed by atoms with Gasteiger partial charge in [-0.3, -0.25) is 0 Å². The minimum Gasteiger partial charge on any atom is -0.363 e. The SMILES string of the molecule is CCC(C)(CC)Nc1nc(Cl)nc2nc[nH]c12. The molecule has 0 saturated heterocycles. The van der Waals surface area contributed by atoms with Gasteiger partial charge in [0.2, 0.25) is 5.28 Å². The Morgan fingerprint density at radius 2 is 2.06 bits per heavy atom. The van der Waals surface area contributed by atoms with Crippen LogP contribution in [-0.4, -0.2) is 25.5 Å². The highest BCUT2D eigenvalue weighted by atomic mass is 35.5. The molecule has 0 aliphatic heterocycles. The Bertz CT molecular complexity index is 518. The van der Waals surface area contributed by atoms with E-state index in [1.807, 2.05) is 0 Å². The van der Waals surface area contributed by atoms with Gasteiger partial charge < -0.3 is 10.3 Å². The Hall–Kier alpha value is -1.36. The van der Waals surface area contributed by atoms with Crippen LogP contribution in [0.25, 0.3) is 11.2 Å². The number of aromatic amines is 1. The van der Waals surface area contributed by atoms with E-state index in [0.717, 1.165) is 18.4 Å². The molecule has 0 spiro atoms. The maximum absolute atomic E-state index is 5.88. The average Bonchev–Trinajstić information content (AvgIpc) is 2.77. The van der Waals surface area contributed by atoms with Gasteiger partial charge in [-0.1, -0.05) is 13.8 Å². The molecule has 5 nitrogen and oxygen atoms in total. The van der Waals surface area contributed by atoms with Crippen molar-refractivity contribution in [3.63, 3.8) is 0 Å². The summed E-state index contributed by atoms with van der Waals surface area (Å²) in [6.45, 7) is 6.44. The Morgan fingerprint density at radius 3 is 2.71 bits per heavy atom. The molecular weight excluding hydrogens is 238 g/mol. The molecule has 2 heterocycles. The third-order valence-electron chi connectivity index (χ3n) is 3.24. The first-order valence-electron chi connectivity index (χ1n) is 5.73. The number of nitrogens with zero attached hydrogens (tertiary/aromatic N) is 3. The third-order valence-corrected chi connectivity index (χ3v) is 3.41. The van der Waals surface area contributed by atoms with Crippen LogP contribution in [-0.2, 0) is 0 Å². The smallest absolute Gasteiger partial charge is 0.226 e. The number of nitrogens with one attached hydrogen (secondary N) is 2. The van der Waals surface area contributed by atoms with Gasteiger partial charge in [-0.2, -0.15) is 9.97 Å². The number of hydrogen-bond donors (Lipinski definition) is 2. The first-order valence-corrected chi connectivity index (χ1v) is 6.10. The largest absolute Gasteiger partial charge is 0.363 e. The third kappa shape index (κ3) is 2.34. The van der Waals surface area contributed by atoms with Gasteiger partial charge in [0, 0.05) is 5.54 Å². The minimum absolute atomic E-state index is 0.00424. The molecule has 17 heavy (non-hydrogen) atoms. The van der Waals surface area contributed by atoms with E-state index in [9.17, 15) is 0 Å². The molecule has 2 aromatic heterocycles. The fraction of sp³-hybridized carbons (Fsp3) is 0.545. The van der Waals surface area contributed by atoms with Gasteiger partial charge in [0.1, 0.15) is 5.52 Å². The Labute approximate surface area is 105 Å². The van der Waals surface area contributed by atoms with Crippen molar-refractivity contribution in [1.29, 1.82) is 0 Å². The van der Waals surface area contributed by atoms with E-state index in [0.29, 0.717) is 11.5 Å². The summed E-state index contributed by atoms with van der Waals surface area (Å²) >= 11 is 5.88. The molecule has 0 fully saturated rings. The molecule has 0 atom stereocenters. The van der Waals surface area contributed by atoms with Crippen molar-refractivity contribution in [2.45, 2.75) is 39.2 Å². The molecular formula is C11H16ClN5. The van der Waals surface area contributed by atoms with Crippen molar-refractivity contribution in [2.24, 2.45) is 0 Å². The lowest BCUT2D eigenvalue weighted by Crippen LogP contribution is -2.33. The van der Waals surface area contributed by atoms with E-state index in [2.05, 4.69) is 46.0 Å². The van der Waals surface area contributed by atoms with Crippen LogP contribution in [0, 0.1) is 0 Å². The summed E-state index contributed by atoms with van der Waals surface area (Å²) in [5.74, 6) is 0.712. The highest BCUT2D eigenvalue weighted by Crippen LogP contribution is 2.25. The highest BCUT2D eigenvalue weighted by molar-refractivity contribution is 6.28. The molecule has 6 heteroatoms. The van der Waals surface area contributed by atoms with Crippen LogP contribution in [0.3, 0.4) is 0 Å². The molecule has 2 aromatic rings. The first-order chi connectivity index (χ1) is 8.08. The highest BCUT2D eigenvalue weighted by Gasteiger charge is 2.21. The van der Waals surface area contributed by atoms with Crippen LogP contribution >= 0.6 is 11.6 Å². The lowest BCUT2D eigenvalue weighted by molar-refractivity contribution is 0.477. The zero-order valence-corrected chi connectivity index (χ0v) is 11.0. The average molecular weight is 254 g/mol. The van der Waals surface area contributed by atoms with Gasteiger partial charge in [-0.05, 0) is 31.4 Å². The second-order valence-corrected chi connectivity index (χ2v) is 4.67. The van der Waals surface area contributed by atoms with Crippen LogP contribution in [0.15, 0.2) is 6.33 Å². The summed E-state index contributed by atoms with van der Waals surface area (Å²) in [6, 6.07) is 0. The van der Waals surface area contributed by atoms with Gasteiger partial charge in [0.25, 0.3) is 0 Å². The molecule has 0 unspecified atom stereocenters. The zero-order chi connectivity index (χ0) is 12.5. The number of imidazole rings is 1. The first kappa shape index (κ1) is 12.1. The monoisotopic (exact) mass is 253 g/mol. The van der Waals surface area contributed by atoms with Crippen LogP contribution in [0.1, 0.15) is 33.6 Å². The minimum atomic E-state index is -0.00424. The van der Waals surface area contributed by atoms with Gasteiger partial charge in [0.15, 0.2) is 11.5 Å². The molecule has 0 saturated carbocycles.